The maximum absolute atomic E-state index is 2.41. The molecule has 0 bridgehead atoms. The molecule has 0 radical (unpaired) electrons. The molecular weight excluding hydrogens is 494 g/mol. The van der Waals surface area contributed by atoms with Crippen LogP contribution in [0.4, 0.5) is 17.1 Å². The van der Waals surface area contributed by atoms with E-state index >= 15 is 0 Å². The summed E-state index contributed by atoms with van der Waals surface area (Å²) in [5.41, 5.74) is 10.3. The molecule has 8 rings (SSSR count). The number of hydrogen-bond acceptors (Lipinski definition) is 1. The van der Waals surface area contributed by atoms with E-state index in [1.165, 1.54) is 65.8 Å². The van der Waals surface area contributed by atoms with Crippen LogP contribution in [0.2, 0.25) is 0 Å². The fourth-order valence-electron chi connectivity index (χ4n) is 7.21. The number of fused-ring (bicyclic) bond motifs is 10. The van der Waals surface area contributed by atoms with Crippen molar-refractivity contribution >= 4 is 49.4 Å². The summed E-state index contributed by atoms with van der Waals surface area (Å²) < 4.78 is 0. The van der Waals surface area contributed by atoms with Gasteiger partial charge in [-0.05, 0) is 103 Å². The number of hydrogen-bond donors (Lipinski definition) is 0. The Labute approximate surface area is 241 Å². The van der Waals surface area contributed by atoms with Crippen LogP contribution in [0.15, 0.2) is 133 Å². The summed E-state index contributed by atoms with van der Waals surface area (Å²) in [6, 6.07) is 49.1. The molecular formula is C40H31N. The molecule has 7 aromatic rings. The molecule has 0 spiro atoms. The van der Waals surface area contributed by atoms with E-state index in [1.54, 1.807) is 0 Å². The highest BCUT2D eigenvalue weighted by Crippen LogP contribution is 2.56. The number of anilines is 3. The third-order valence-corrected chi connectivity index (χ3v) is 9.02. The molecule has 0 aliphatic heterocycles. The molecule has 0 N–H and O–H groups in total. The highest BCUT2D eigenvalue weighted by molar-refractivity contribution is 6.21. The van der Waals surface area contributed by atoms with Gasteiger partial charge in [-0.25, -0.2) is 0 Å². The van der Waals surface area contributed by atoms with Crippen molar-refractivity contribution in [2.45, 2.75) is 26.2 Å². The first-order chi connectivity index (χ1) is 20.0. The lowest BCUT2D eigenvalue weighted by atomic mass is 9.79. The van der Waals surface area contributed by atoms with Crippen LogP contribution in [-0.4, -0.2) is 0 Å². The zero-order valence-electron chi connectivity index (χ0n) is 23.6. The van der Waals surface area contributed by atoms with Crippen LogP contribution in [-0.2, 0) is 5.41 Å². The van der Waals surface area contributed by atoms with Crippen molar-refractivity contribution in [1.29, 1.82) is 0 Å². The highest BCUT2D eigenvalue weighted by atomic mass is 15.1. The van der Waals surface area contributed by atoms with Crippen LogP contribution < -0.4 is 4.90 Å². The van der Waals surface area contributed by atoms with Crippen molar-refractivity contribution in [2.75, 3.05) is 4.90 Å². The summed E-state index contributed by atoms with van der Waals surface area (Å²) >= 11 is 0. The molecule has 1 heteroatoms. The van der Waals surface area contributed by atoms with E-state index in [1.807, 2.05) is 0 Å². The summed E-state index contributed by atoms with van der Waals surface area (Å²) in [5.74, 6) is 0. The zero-order valence-corrected chi connectivity index (χ0v) is 23.6. The van der Waals surface area contributed by atoms with E-state index in [9.17, 15) is 0 Å². The van der Waals surface area contributed by atoms with E-state index in [0.29, 0.717) is 0 Å². The fourth-order valence-corrected chi connectivity index (χ4v) is 7.21. The Morgan fingerprint density at radius 2 is 1.15 bits per heavy atom. The molecule has 0 amide bonds. The molecule has 41 heavy (non-hydrogen) atoms. The first kappa shape index (κ1) is 24.0. The summed E-state index contributed by atoms with van der Waals surface area (Å²) in [6.45, 7) is 6.96. The Morgan fingerprint density at radius 3 is 1.95 bits per heavy atom. The van der Waals surface area contributed by atoms with Crippen molar-refractivity contribution in [1.82, 2.24) is 0 Å². The van der Waals surface area contributed by atoms with Crippen LogP contribution in [0.1, 0.15) is 30.5 Å². The van der Waals surface area contributed by atoms with Crippen LogP contribution in [0, 0.1) is 6.92 Å². The minimum Gasteiger partial charge on any atom is -0.310 e. The largest absolute Gasteiger partial charge is 0.310 e. The maximum atomic E-state index is 2.41. The van der Waals surface area contributed by atoms with Crippen molar-refractivity contribution in [3.05, 3.63) is 150 Å². The van der Waals surface area contributed by atoms with Gasteiger partial charge in [-0.15, -0.1) is 0 Å². The van der Waals surface area contributed by atoms with E-state index in [2.05, 4.69) is 159 Å². The second kappa shape index (κ2) is 8.81. The molecule has 0 saturated heterocycles. The molecule has 7 aromatic carbocycles. The molecule has 0 saturated carbocycles. The van der Waals surface area contributed by atoms with Gasteiger partial charge in [0.15, 0.2) is 0 Å². The highest BCUT2D eigenvalue weighted by Gasteiger charge is 2.39. The summed E-state index contributed by atoms with van der Waals surface area (Å²) in [7, 11) is 0. The van der Waals surface area contributed by atoms with Gasteiger partial charge < -0.3 is 4.90 Å². The number of benzene rings is 7. The Bertz CT molecular complexity index is 2140. The number of para-hydroxylation sites is 1. The van der Waals surface area contributed by atoms with Crippen LogP contribution in [0.5, 0.6) is 0 Å². The van der Waals surface area contributed by atoms with Gasteiger partial charge in [0.1, 0.15) is 0 Å². The fraction of sp³-hybridized carbons (Fsp3) is 0.100. The monoisotopic (exact) mass is 525 g/mol. The Kier molecular flexibility index (Phi) is 5.15. The zero-order chi connectivity index (χ0) is 27.7. The molecule has 196 valence electrons. The van der Waals surface area contributed by atoms with E-state index in [-0.39, 0.29) is 5.41 Å². The standard InChI is InChI=1S/C40H31N/c1-26-12-11-16-29(24-26)41(28-14-5-4-6-15-28)30-21-22-34-35(25-30)32-18-9-10-19-33(32)38-37-31-17-8-7-13-27(31)20-23-36(37)40(2,3)39(34)38/h4-25H,1-3H3. The van der Waals surface area contributed by atoms with Crippen LogP contribution >= 0.6 is 0 Å². The minimum absolute atomic E-state index is 0.117. The Morgan fingerprint density at radius 1 is 0.463 bits per heavy atom. The molecule has 1 aliphatic rings. The quantitative estimate of drug-likeness (QED) is 0.207. The van der Waals surface area contributed by atoms with Crippen molar-refractivity contribution in [2.24, 2.45) is 0 Å². The summed E-state index contributed by atoms with van der Waals surface area (Å²) in [4.78, 5) is 2.38. The van der Waals surface area contributed by atoms with Gasteiger partial charge in [-0.2, -0.15) is 0 Å². The van der Waals surface area contributed by atoms with Gasteiger partial charge in [0.2, 0.25) is 0 Å². The third kappa shape index (κ3) is 3.49. The number of aryl methyl sites for hydroxylation is 1. The van der Waals surface area contributed by atoms with Crippen molar-refractivity contribution < 1.29 is 0 Å². The smallest absolute Gasteiger partial charge is 0.0468 e. The van der Waals surface area contributed by atoms with E-state index in [0.717, 1.165) is 11.4 Å². The summed E-state index contributed by atoms with van der Waals surface area (Å²) in [6.07, 6.45) is 0. The topological polar surface area (TPSA) is 3.24 Å². The lowest BCUT2D eigenvalue weighted by Gasteiger charge is -2.28. The molecule has 0 atom stereocenters. The molecule has 0 fully saturated rings. The van der Waals surface area contributed by atoms with Crippen LogP contribution in [0.25, 0.3) is 43.4 Å². The van der Waals surface area contributed by atoms with Gasteiger partial charge in [0.05, 0.1) is 0 Å². The molecule has 0 unspecified atom stereocenters. The second-order valence-corrected chi connectivity index (χ2v) is 11.9. The SMILES string of the molecule is Cc1cccc(N(c2ccccc2)c2ccc3c4c(c5ccccc5c3c2)-c2c(ccc3ccccc23)C4(C)C)c1. The number of rotatable bonds is 3. The van der Waals surface area contributed by atoms with Crippen molar-refractivity contribution in [3.8, 4) is 11.1 Å². The first-order valence-electron chi connectivity index (χ1n) is 14.5. The minimum atomic E-state index is -0.117. The number of nitrogens with zero attached hydrogens (tertiary/aromatic N) is 1. The molecule has 1 nitrogen and oxygen atoms in total. The third-order valence-electron chi connectivity index (χ3n) is 9.02. The van der Waals surface area contributed by atoms with Gasteiger partial charge in [-0.1, -0.05) is 111 Å². The van der Waals surface area contributed by atoms with Gasteiger partial charge >= 0.3 is 0 Å². The molecule has 0 heterocycles. The van der Waals surface area contributed by atoms with Gasteiger partial charge in [0, 0.05) is 22.5 Å². The average Bonchev–Trinajstić information content (AvgIpc) is 3.25. The van der Waals surface area contributed by atoms with E-state index in [4.69, 9.17) is 0 Å². The first-order valence-corrected chi connectivity index (χ1v) is 14.5. The predicted molar refractivity (Wildman–Crippen MR) is 176 cm³/mol. The van der Waals surface area contributed by atoms with Gasteiger partial charge in [-0.3, -0.25) is 0 Å². The van der Waals surface area contributed by atoms with Gasteiger partial charge in [0.25, 0.3) is 0 Å². The predicted octanol–water partition coefficient (Wildman–Crippen LogP) is 11.2. The normalized spacial score (nSPS) is 13.4. The molecule has 1 aliphatic carbocycles. The van der Waals surface area contributed by atoms with Crippen molar-refractivity contribution in [3.63, 3.8) is 0 Å². The van der Waals surface area contributed by atoms with Crippen LogP contribution in [0.3, 0.4) is 0 Å². The lowest BCUT2D eigenvalue weighted by Crippen LogP contribution is -2.16. The Hall–Kier alpha value is -4.88. The van der Waals surface area contributed by atoms with E-state index < -0.39 is 0 Å². The Balaban J connectivity index is 1.47. The average molecular weight is 526 g/mol. The maximum Gasteiger partial charge on any atom is 0.0468 e. The second-order valence-electron chi connectivity index (χ2n) is 11.9. The summed E-state index contributed by atoms with van der Waals surface area (Å²) in [5, 5.41) is 7.91. The molecule has 0 aromatic heterocycles. The lowest BCUT2D eigenvalue weighted by molar-refractivity contribution is 0.667.